The monoisotopic (exact) mass is 303 g/mol. The van der Waals surface area contributed by atoms with Gasteiger partial charge in [-0.2, -0.15) is 0 Å². The summed E-state index contributed by atoms with van der Waals surface area (Å²) >= 11 is 5.95. The number of hydrogen-bond acceptors (Lipinski definition) is 2. The number of hydrogen-bond donors (Lipinski definition) is 1. The Morgan fingerprint density at radius 1 is 1.14 bits per heavy atom. The summed E-state index contributed by atoms with van der Waals surface area (Å²) in [6.45, 7) is 5.06. The third-order valence-electron chi connectivity index (χ3n) is 3.66. The van der Waals surface area contributed by atoms with E-state index in [9.17, 15) is 0 Å². The highest BCUT2D eigenvalue weighted by Gasteiger charge is 2.10. The molecule has 2 rings (SSSR count). The Bertz CT molecular complexity index is 580. The van der Waals surface area contributed by atoms with E-state index in [2.05, 4.69) is 43.4 Å². The second kappa shape index (κ2) is 7.48. The lowest BCUT2D eigenvalue weighted by atomic mass is 10.0. The molecule has 2 aromatic carbocycles. The SMILES string of the molecule is CCC(NCc1cc(C)ccc1OC)c1ccc(Cl)cc1. The predicted molar refractivity (Wildman–Crippen MR) is 89.1 cm³/mol. The van der Waals surface area contributed by atoms with Crippen LogP contribution in [0.1, 0.15) is 36.1 Å². The fourth-order valence-electron chi connectivity index (χ4n) is 2.47. The molecular weight excluding hydrogens is 282 g/mol. The number of aryl methyl sites for hydroxylation is 1. The Labute approximate surface area is 132 Å². The molecular formula is C18H22ClNO. The van der Waals surface area contributed by atoms with Crippen molar-refractivity contribution in [3.63, 3.8) is 0 Å². The summed E-state index contributed by atoms with van der Waals surface area (Å²) in [5.74, 6) is 0.930. The number of methoxy groups -OCH3 is 1. The average Bonchev–Trinajstić information content (AvgIpc) is 2.50. The summed E-state index contributed by atoms with van der Waals surface area (Å²) < 4.78 is 5.43. The van der Waals surface area contributed by atoms with Gasteiger partial charge in [0.15, 0.2) is 0 Å². The van der Waals surface area contributed by atoms with Crippen LogP contribution in [0.2, 0.25) is 5.02 Å². The van der Waals surface area contributed by atoms with Gasteiger partial charge in [0.25, 0.3) is 0 Å². The molecule has 0 spiro atoms. The van der Waals surface area contributed by atoms with Crippen molar-refractivity contribution in [2.24, 2.45) is 0 Å². The number of ether oxygens (including phenoxy) is 1. The van der Waals surface area contributed by atoms with E-state index in [1.165, 1.54) is 16.7 Å². The van der Waals surface area contributed by atoms with Crippen molar-refractivity contribution in [2.75, 3.05) is 7.11 Å². The number of halogens is 1. The van der Waals surface area contributed by atoms with Gasteiger partial charge in [-0.3, -0.25) is 0 Å². The molecule has 2 aromatic rings. The van der Waals surface area contributed by atoms with E-state index < -0.39 is 0 Å². The normalized spacial score (nSPS) is 12.2. The van der Waals surface area contributed by atoms with Gasteiger partial charge in [-0.25, -0.2) is 0 Å². The molecule has 1 atom stereocenters. The van der Waals surface area contributed by atoms with Crippen LogP contribution in [-0.2, 0) is 6.54 Å². The Morgan fingerprint density at radius 2 is 1.86 bits per heavy atom. The Kier molecular flexibility index (Phi) is 5.66. The minimum absolute atomic E-state index is 0.312. The molecule has 0 bridgehead atoms. The molecule has 0 saturated heterocycles. The van der Waals surface area contributed by atoms with Crippen molar-refractivity contribution in [1.29, 1.82) is 0 Å². The minimum atomic E-state index is 0.312. The highest BCUT2D eigenvalue weighted by Crippen LogP contribution is 2.23. The van der Waals surface area contributed by atoms with Crippen molar-refractivity contribution in [3.8, 4) is 5.75 Å². The van der Waals surface area contributed by atoms with Gasteiger partial charge in [-0.1, -0.05) is 48.4 Å². The second-order valence-electron chi connectivity index (χ2n) is 5.21. The summed E-state index contributed by atoms with van der Waals surface area (Å²) in [5, 5.41) is 4.37. The van der Waals surface area contributed by atoms with E-state index in [-0.39, 0.29) is 0 Å². The van der Waals surface area contributed by atoms with Crippen LogP contribution >= 0.6 is 11.6 Å². The molecule has 0 fully saturated rings. The zero-order valence-electron chi connectivity index (χ0n) is 12.8. The third kappa shape index (κ3) is 4.23. The van der Waals surface area contributed by atoms with Gasteiger partial charge >= 0.3 is 0 Å². The predicted octanol–water partition coefficient (Wildman–Crippen LogP) is 4.90. The molecule has 0 aliphatic heterocycles. The van der Waals surface area contributed by atoms with Crippen LogP contribution in [-0.4, -0.2) is 7.11 Å². The van der Waals surface area contributed by atoms with E-state index in [0.29, 0.717) is 6.04 Å². The lowest BCUT2D eigenvalue weighted by Crippen LogP contribution is -2.20. The van der Waals surface area contributed by atoms with Crippen molar-refractivity contribution in [2.45, 2.75) is 32.9 Å². The van der Waals surface area contributed by atoms with Crippen LogP contribution in [0.15, 0.2) is 42.5 Å². The molecule has 0 aliphatic rings. The molecule has 0 heterocycles. The molecule has 0 amide bonds. The highest BCUT2D eigenvalue weighted by atomic mass is 35.5. The molecule has 3 heteroatoms. The first-order valence-electron chi connectivity index (χ1n) is 7.26. The molecule has 21 heavy (non-hydrogen) atoms. The van der Waals surface area contributed by atoms with Gasteiger partial charge in [0.2, 0.25) is 0 Å². The van der Waals surface area contributed by atoms with Crippen LogP contribution in [0, 0.1) is 6.92 Å². The van der Waals surface area contributed by atoms with E-state index in [0.717, 1.165) is 23.7 Å². The van der Waals surface area contributed by atoms with Gasteiger partial charge in [0, 0.05) is 23.2 Å². The highest BCUT2D eigenvalue weighted by molar-refractivity contribution is 6.30. The van der Waals surface area contributed by atoms with Crippen LogP contribution in [0.3, 0.4) is 0 Å². The van der Waals surface area contributed by atoms with Gasteiger partial charge in [-0.05, 0) is 37.1 Å². The quantitative estimate of drug-likeness (QED) is 0.819. The van der Waals surface area contributed by atoms with Crippen LogP contribution in [0.4, 0.5) is 0 Å². The maximum absolute atomic E-state index is 5.95. The van der Waals surface area contributed by atoms with E-state index >= 15 is 0 Å². The maximum Gasteiger partial charge on any atom is 0.123 e. The average molecular weight is 304 g/mol. The number of benzene rings is 2. The van der Waals surface area contributed by atoms with E-state index in [1.807, 2.05) is 18.2 Å². The summed E-state index contributed by atoms with van der Waals surface area (Å²) in [6.07, 6.45) is 1.02. The number of rotatable bonds is 6. The lowest BCUT2D eigenvalue weighted by Gasteiger charge is -2.19. The summed E-state index contributed by atoms with van der Waals surface area (Å²) in [5.41, 5.74) is 3.69. The third-order valence-corrected chi connectivity index (χ3v) is 3.91. The lowest BCUT2D eigenvalue weighted by molar-refractivity contribution is 0.404. The first-order chi connectivity index (χ1) is 10.1. The summed E-state index contributed by atoms with van der Waals surface area (Å²) in [6, 6.07) is 14.6. The number of nitrogens with one attached hydrogen (secondary N) is 1. The van der Waals surface area contributed by atoms with Crippen LogP contribution in [0.25, 0.3) is 0 Å². The molecule has 0 aromatic heterocycles. The van der Waals surface area contributed by atoms with Gasteiger partial charge < -0.3 is 10.1 Å². The van der Waals surface area contributed by atoms with Crippen molar-refractivity contribution >= 4 is 11.6 Å². The maximum atomic E-state index is 5.95. The molecule has 0 saturated carbocycles. The van der Waals surface area contributed by atoms with Crippen LogP contribution < -0.4 is 10.1 Å². The fraction of sp³-hybridized carbons (Fsp3) is 0.333. The molecule has 1 N–H and O–H groups in total. The van der Waals surface area contributed by atoms with Crippen LogP contribution in [0.5, 0.6) is 5.75 Å². The molecule has 0 aliphatic carbocycles. The molecule has 112 valence electrons. The molecule has 0 radical (unpaired) electrons. The zero-order chi connectivity index (χ0) is 15.2. The first kappa shape index (κ1) is 15.9. The first-order valence-corrected chi connectivity index (χ1v) is 7.64. The summed E-state index contributed by atoms with van der Waals surface area (Å²) in [7, 11) is 1.71. The van der Waals surface area contributed by atoms with E-state index in [1.54, 1.807) is 7.11 Å². The zero-order valence-corrected chi connectivity index (χ0v) is 13.6. The fourth-order valence-corrected chi connectivity index (χ4v) is 2.60. The standard InChI is InChI=1S/C18H22ClNO/c1-4-17(14-6-8-16(19)9-7-14)20-12-15-11-13(2)5-10-18(15)21-3/h5-11,17,20H,4,12H2,1-3H3. The molecule has 2 nitrogen and oxygen atoms in total. The van der Waals surface area contributed by atoms with Crippen molar-refractivity contribution in [1.82, 2.24) is 5.32 Å². The Hall–Kier alpha value is -1.51. The van der Waals surface area contributed by atoms with Gasteiger partial charge in [-0.15, -0.1) is 0 Å². The van der Waals surface area contributed by atoms with E-state index in [4.69, 9.17) is 16.3 Å². The van der Waals surface area contributed by atoms with Crippen molar-refractivity contribution in [3.05, 3.63) is 64.2 Å². The van der Waals surface area contributed by atoms with Gasteiger partial charge in [0.1, 0.15) is 5.75 Å². The van der Waals surface area contributed by atoms with Crippen molar-refractivity contribution < 1.29 is 4.74 Å². The van der Waals surface area contributed by atoms with Gasteiger partial charge in [0.05, 0.1) is 7.11 Å². The minimum Gasteiger partial charge on any atom is -0.496 e. The summed E-state index contributed by atoms with van der Waals surface area (Å²) in [4.78, 5) is 0. The Balaban J connectivity index is 2.10. The smallest absolute Gasteiger partial charge is 0.123 e. The second-order valence-corrected chi connectivity index (χ2v) is 5.65. The molecule has 1 unspecified atom stereocenters. The Morgan fingerprint density at radius 3 is 2.48 bits per heavy atom. The topological polar surface area (TPSA) is 21.3 Å². The largest absolute Gasteiger partial charge is 0.496 e.